The van der Waals surface area contributed by atoms with Crippen molar-refractivity contribution >= 4 is 11.4 Å². The van der Waals surface area contributed by atoms with E-state index < -0.39 is 0 Å². The van der Waals surface area contributed by atoms with Crippen molar-refractivity contribution in [2.24, 2.45) is 0 Å². The standard InChI is InChI=1S/C12H16N2/c1-10-5-7-14(8-6-10)12-4-2-3-11(13)9-12/h2-5,9H,6-8,13H2,1H3. The molecule has 0 saturated carbocycles. The Balaban J connectivity index is 2.16. The maximum atomic E-state index is 5.75. The topological polar surface area (TPSA) is 29.3 Å². The fourth-order valence-corrected chi connectivity index (χ4v) is 1.73. The summed E-state index contributed by atoms with van der Waals surface area (Å²) in [5, 5.41) is 0. The van der Waals surface area contributed by atoms with Gasteiger partial charge < -0.3 is 10.6 Å². The lowest BCUT2D eigenvalue weighted by Gasteiger charge is -2.27. The molecule has 74 valence electrons. The number of nitrogens with zero attached hydrogens (tertiary/aromatic N) is 1. The van der Waals surface area contributed by atoms with Gasteiger partial charge in [0.2, 0.25) is 0 Å². The summed E-state index contributed by atoms with van der Waals surface area (Å²) >= 11 is 0. The van der Waals surface area contributed by atoms with Crippen LogP contribution < -0.4 is 10.6 Å². The quantitative estimate of drug-likeness (QED) is 0.541. The van der Waals surface area contributed by atoms with Crippen LogP contribution in [0.3, 0.4) is 0 Å². The van der Waals surface area contributed by atoms with Crippen LogP contribution in [-0.4, -0.2) is 13.1 Å². The number of nitrogens with two attached hydrogens (primary N) is 1. The Morgan fingerprint density at radius 3 is 2.86 bits per heavy atom. The first kappa shape index (κ1) is 9.13. The molecule has 0 amide bonds. The molecule has 1 aliphatic heterocycles. The molecule has 2 rings (SSSR count). The Labute approximate surface area is 85.0 Å². The molecule has 1 aliphatic rings. The third-order valence-electron chi connectivity index (χ3n) is 2.67. The molecule has 0 aliphatic carbocycles. The Hall–Kier alpha value is -1.44. The van der Waals surface area contributed by atoms with E-state index in [2.05, 4.69) is 24.0 Å². The molecular weight excluding hydrogens is 172 g/mol. The number of hydrogen-bond acceptors (Lipinski definition) is 2. The van der Waals surface area contributed by atoms with Crippen LogP contribution >= 0.6 is 0 Å². The van der Waals surface area contributed by atoms with Gasteiger partial charge in [-0.3, -0.25) is 0 Å². The lowest BCUT2D eigenvalue weighted by molar-refractivity contribution is 0.788. The first-order valence-electron chi connectivity index (χ1n) is 5.02. The lowest BCUT2D eigenvalue weighted by atomic mass is 10.1. The fraction of sp³-hybridized carbons (Fsp3) is 0.333. The Morgan fingerprint density at radius 2 is 2.21 bits per heavy atom. The highest BCUT2D eigenvalue weighted by Crippen LogP contribution is 2.21. The van der Waals surface area contributed by atoms with E-state index in [4.69, 9.17) is 5.73 Å². The minimum absolute atomic E-state index is 0.841. The highest BCUT2D eigenvalue weighted by molar-refractivity contribution is 5.56. The second kappa shape index (κ2) is 3.74. The molecule has 1 aromatic carbocycles. The van der Waals surface area contributed by atoms with Gasteiger partial charge in [-0.15, -0.1) is 0 Å². The van der Waals surface area contributed by atoms with Gasteiger partial charge in [0.25, 0.3) is 0 Å². The molecule has 0 saturated heterocycles. The van der Waals surface area contributed by atoms with Crippen molar-refractivity contribution in [2.45, 2.75) is 13.3 Å². The van der Waals surface area contributed by atoms with Gasteiger partial charge in [-0.1, -0.05) is 17.7 Å². The zero-order valence-corrected chi connectivity index (χ0v) is 8.53. The van der Waals surface area contributed by atoms with Crippen molar-refractivity contribution in [3.05, 3.63) is 35.9 Å². The van der Waals surface area contributed by atoms with Crippen LogP contribution in [0.5, 0.6) is 0 Å². The molecule has 0 radical (unpaired) electrons. The van der Waals surface area contributed by atoms with E-state index in [0.717, 1.165) is 25.2 Å². The van der Waals surface area contributed by atoms with Crippen LogP contribution in [0.15, 0.2) is 35.9 Å². The SMILES string of the molecule is CC1=CCN(c2cccc(N)c2)CC1. The van der Waals surface area contributed by atoms with Crippen molar-refractivity contribution in [2.75, 3.05) is 23.7 Å². The van der Waals surface area contributed by atoms with Gasteiger partial charge in [-0.05, 0) is 31.5 Å². The largest absolute Gasteiger partial charge is 0.399 e. The van der Waals surface area contributed by atoms with Gasteiger partial charge in [0.05, 0.1) is 0 Å². The molecule has 0 fully saturated rings. The summed E-state index contributed by atoms with van der Waals surface area (Å²) in [5.74, 6) is 0. The average molecular weight is 188 g/mol. The predicted octanol–water partition coefficient (Wildman–Crippen LogP) is 2.43. The Morgan fingerprint density at radius 1 is 1.36 bits per heavy atom. The molecule has 0 bridgehead atoms. The molecule has 2 heteroatoms. The summed E-state index contributed by atoms with van der Waals surface area (Å²) in [6, 6.07) is 8.09. The van der Waals surface area contributed by atoms with E-state index in [1.165, 1.54) is 11.3 Å². The number of rotatable bonds is 1. The van der Waals surface area contributed by atoms with Crippen molar-refractivity contribution < 1.29 is 0 Å². The predicted molar refractivity (Wildman–Crippen MR) is 61.4 cm³/mol. The van der Waals surface area contributed by atoms with Crippen LogP contribution in [0.2, 0.25) is 0 Å². The molecule has 0 unspecified atom stereocenters. The van der Waals surface area contributed by atoms with Crippen LogP contribution in [0.25, 0.3) is 0 Å². The summed E-state index contributed by atoms with van der Waals surface area (Å²) in [4.78, 5) is 2.35. The minimum atomic E-state index is 0.841. The molecule has 1 aromatic rings. The molecule has 0 spiro atoms. The fourth-order valence-electron chi connectivity index (χ4n) is 1.73. The van der Waals surface area contributed by atoms with Gasteiger partial charge in [0, 0.05) is 24.5 Å². The summed E-state index contributed by atoms with van der Waals surface area (Å²) in [5.41, 5.74) is 9.31. The maximum Gasteiger partial charge on any atom is 0.0389 e. The molecule has 0 atom stereocenters. The van der Waals surface area contributed by atoms with E-state index >= 15 is 0 Å². The lowest BCUT2D eigenvalue weighted by Crippen LogP contribution is -2.27. The van der Waals surface area contributed by atoms with Gasteiger partial charge >= 0.3 is 0 Å². The van der Waals surface area contributed by atoms with Crippen molar-refractivity contribution in [3.63, 3.8) is 0 Å². The zero-order chi connectivity index (χ0) is 9.97. The Bertz CT molecular complexity index is 355. The van der Waals surface area contributed by atoms with Crippen molar-refractivity contribution in [1.82, 2.24) is 0 Å². The Kier molecular flexibility index (Phi) is 2.44. The molecule has 0 aromatic heterocycles. The van der Waals surface area contributed by atoms with Crippen LogP contribution in [0.4, 0.5) is 11.4 Å². The first-order valence-corrected chi connectivity index (χ1v) is 5.02. The number of benzene rings is 1. The van der Waals surface area contributed by atoms with Crippen LogP contribution in [0, 0.1) is 0 Å². The first-order chi connectivity index (χ1) is 6.75. The average Bonchev–Trinajstić information content (AvgIpc) is 2.19. The highest BCUT2D eigenvalue weighted by Gasteiger charge is 2.09. The molecule has 14 heavy (non-hydrogen) atoms. The number of anilines is 2. The smallest absolute Gasteiger partial charge is 0.0389 e. The molecular formula is C12H16N2. The highest BCUT2D eigenvalue weighted by atomic mass is 15.1. The summed E-state index contributed by atoms with van der Waals surface area (Å²) in [7, 11) is 0. The molecule has 2 nitrogen and oxygen atoms in total. The number of hydrogen-bond donors (Lipinski definition) is 1. The van der Waals surface area contributed by atoms with E-state index in [1.807, 2.05) is 18.2 Å². The number of nitrogen functional groups attached to an aromatic ring is 1. The normalized spacial score (nSPS) is 16.6. The third kappa shape index (κ3) is 1.90. The van der Waals surface area contributed by atoms with Gasteiger partial charge in [0.1, 0.15) is 0 Å². The third-order valence-corrected chi connectivity index (χ3v) is 2.67. The second-order valence-corrected chi connectivity index (χ2v) is 3.84. The minimum Gasteiger partial charge on any atom is -0.399 e. The second-order valence-electron chi connectivity index (χ2n) is 3.84. The summed E-state index contributed by atoms with van der Waals surface area (Å²) in [6.45, 7) is 4.30. The summed E-state index contributed by atoms with van der Waals surface area (Å²) < 4.78 is 0. The van der Waals surface area contributed by atoms with Crippen molar-refractivity contribution in [3.8, 4) is 0 Å². The van der Waals surface area contributed by atoms with Gasteiger partial charge in [0.15, 0.2) is 0 Å². The van der Waals surface area contributed by atoms with Crippen LogP contribution in [-0.2, 0) is 0 Å². The van der Waals surface area contributed by atoms with E-state index in [9.17, 15) is 0 Å². The molecule has 1 heterocycles. The van der Waals surface area contributed by atoms with E-state index in [1.54, 1.807) is 0 Å². The monoisotopic (exact) mass is 188 g/mol. The molecule has 2 N–H and O–H groups in total. The van der Waals surface area contributed by atoms with Gasteiger partial charge in [-0.2, -0.15) is 0 Å². The van der Waals surface area contributed by atoms with Gasteiger partial charge in [-0.25, -0.2) is 0 Å². The summed E-state index contributed by atoms with van der Waals surface area (Å²) in [6.07, 6.45) is 3.45. The zero-order valence-electron chi connectivity index (χ0n) is 8.53. The van der Waals surface area contributed by atoms with E-state index in [0.29, 0.717) is 0 Å². The van der Waals surface area contributed by atoms with Crippen molar-refractivity contribution in [1.29, 1.82) is 0 Å². The maximum absolute atomic E-state index is 5.75. The van der Waals surface area contributed by atoms with E-state index in [-0.39, 0.29) is 0 Å². The van der Waals surface area contributed by atoms with Crippen LogP contribution in [0.1, 0.15) is 13.3 Å².